The van der Waals surface area contributed by atoms with Gasteiger partial charge in [-0.15, -0.1) is 0 Å². The zero-order valence-corrected chi connectivity index (χ0v) is 16.0. The molecule has 8 heteroatoms. The number of rotatable bonds is 4. The summed E-state index contributed by atoms with van der Waals surface area (Å²) in [5, 5.41) is 6.96. The molecule has 1 heterocycles. The van der Waals surface area contributed by atoms with E-state index in [9.17, 15) is 12.8 Å². The highest BCUT2D eigenvalue weighted by molar-refractivity contribution is 7.91. The Hall–Kier alpha value is -3.10. The molecule has 0 amide bonds. The van der Waals surface area contributed by atoms with E-state index in [2.05, 4.69) is 10.2 Å². The topological polar surface area (TPSA) is 67.8 Å². The Bertz CT molecular complexity index is 1280. The fourth-order valence-corrected chi connectivity index (χ4v) is 4.36. The third-order valence-corrected chi connectivity index (χ3v) is 6.29. The molecule has 28 heavy (non-hydrogen) atoms. The van der Waals surface area contributed by atoms with E-state index in [1.54, 1.807) is 59.2 Å². The van der Waals surface area contributed by atoms with Gasteiger partial charge in [-0.2, -0.15) is 5.10 Å². The average Bonchev–Trinajstić information content (AvgIpc) is 3.11. The molecule has 0 atom stereocenters. The van der Waals surface area contributed by atoms with Crippen LogP contribution in [0.1, 0.15) is 0 Å². The SMILES string of the molecule is O=S(=O)(c1ccccc1)c1ccc(-c2n[nH]c(=S)n2-c2ccc(F)cc2)cc1. The van der Waals surface area contributed by atoms with Gasteiger partial charge in [0.1, 0.15) is 5.82 Å². The summed E-state index contributed by atoms with van der Waals surface area (Å²) >= 11 is 5.29. The molecule has 0 fully saturated rings. The summed E-state index contributed by atoms with van der Waals surface area (Å²) in [7, 11) is -3.60. The van der Waals surface area contributed by atoms with Crippen LogP contribution in [0.15, 0.2) is 88.7 Å². The normalized spacial score (nSPS) is 11.5. The Labute approximate surface area is 166 Å². The lowest BCUT2D eigenvalue weighted by Gasteiger charge is -2.08. The number of benzene rings is 3. The van der Waals surface area contributed by atoms with Gasteiger partial charge in [0.25, 0.3) is 0 Å². The van der Waals surface area contributed by atoms with Crippen molar-refractivity contribution in [1.29, 1.82) is 0 Å². The molecular weight excluding hydrogens is 397 g/mol. The first-order chi connectivity index (χ1) is 13.5. The molecule has 1 N–H and O–H groups in total. The summed E-state index contributed by atoms with van der Waals surface area (Å²) in [6, 6.07) is 20.5. The fourth-order valence-electron chi connectivity index (χ4n) is 2.84. The van der Waals surface area contributed by atoms with Crippen LogP contribution < -0.4 is 0 Å². The van der Waals surface area contributed by atoms with E-state index in [-0.39, 0.29) is 15.6 Å². The van der Waals surface area contributed by atoms with Crippen LogP contribution in [0.3, 0.4) is 0 Å². The molecule has 0 unspecified atom stereocenters. The van der Waals surface area contributed by atoms with Crippen LogP contribution in [0.2, 0.25) is 0 Å². The summed E-state index contributed by atoms with van der Waals surface area (Å²) in [6.07, 6.45) is 0. The fraction of sp³-hybridized carbons (Fsp3) is 0. The molecule has 0 aliphatic carbocycles. The largest absolute Gasteiger partial charge is 0.268 e. The number of H-pyrrole nitrogens is 1. The molecule has 0 aliphatic rings. The highest BCUT2D eigenvalue weighted by Gasteiger charge is 2.18. The highest BCUT2D eigenvalue weighted by atomic mass is 32.2. The third kappa shape index (κ3) is 3.28. The summed E-state index contributed by atoms with van der Waals surface area (Å²) in [5.74, 6) is 0.149. The van der Waals surface area contributed by atoms with Crippen LogP contribution in [0.4, 0.5) is 4.39 Å². The minimum absolute atomic E-state index is 0.185. The Balaban J connectivity index is 1.75. The molecule has 0 bridgehead atoms. The zero-order valence-electron chi connectivity index (χ0n) is 14.4. The van der Waals surface area contributed by atoms with E-state index in [1.807, 2.05) is 0 Å². The van der Waals surface area contributed by atoms with Gasteiger partial charge in [0, 0.05) is 5.56 Å². The van der Waals surface area contributed by atoms with Gasteiger partial charge < -0.3 is 0 Å². The van der Waals surface area contributed by atoms with E-state index >= 15 is 0 Å². The summed E-state index contributed by atoms with van der Waals surface area (Å²) in [6.45, 7) is 0. The van der Waals surface area contributed by atoms with E-state index in [0.717, 1.165) is 0 Å². The molecule has 5 nitrogen and oxygen atoms in total. The van der Waals surface area contributed by atoms with Gasteiger partial charge in [-0.3, -0.25) is 9.67 Å². The van der Waals surface area contributed by atoms with Crippen molar-refractivity contribution < 1.29 is 12.8 Å². The van der Waals surface area contributed by atoms with Crippen LogP contribution in [-0.4, -0.2) is 23.2 Å². The smallest absolute Gasteiger partial charge is 0.206 e. The van der Waals surface area contributed by atoms with E-state index in [0.29, 0.717) is 21.8 Å². The first-order valence-corrected chi connectivity index (χ1v) is 10.2. The molecule has 3 aromatic carbocycles. The van der Waals surface area contributed by atoms with Crippen LogP contribution >= 0.6 is 12.2 Å². The Morgan fingerprint density at radius 2 is 1.46 bits per heavy atom. The quantitative estimate of drug-likeness (QED) is 0.500. The van der Waals surface area contributed by atoms with Crippen LogP contribution in [-0.2, 0) is 9.84 Å². The molecule has 1 aromatic heterocycles. The van der Waals surface area contributed by atoms with Crippen LogP contribution in [0, 0.1) is 10.6 Å². The minimum atomic E-state index is -3.60. The minimum Gasteiger partial charge on any atom is -0.268 e. The molecule has 0 saturated carbocycles. The second-order valence-corrected chi connectivity index (χ2v) is 8.34. The van der Waals surface area contributed by atoms with Gasteiger partial charge in [0.15, 0.2) is 10.6 Å². The summed E-state index contributed by atoms with van der Waals surface area (Å²) in [4.78, 5) is 0.418. The van der Waals surface area contributed by atoms with Crippen molar-refractivity contribution in [3.8, 4) is 17.1 Å². The maximum atomic E-state index is 13.2. The van der Waals surface area contributed by atoms with Gasteiger partial charge >= 0.3 is 0 Å². The van der Waals surface area contributed by atoms with Crippen molar-refractivity contribution in [3.05, 3.63) is 89.5 Å². The second kappa shape index (κ2) is 7.14. The van der Waals surface area contributed by atoms with E-state index < -0.39 is 9.84 Å². The average molecular weight is 411 g/mol. The van der Waals surface area contributed by atoms with Crippen molar-refractivity contribution in [1.82, 2.24) is 14.8 Å². The van der Waals surface area contributed by atoms with Gasteiger partial charge in [-0.05, 0) is 72.9 Å². The standard InChI is InChI=1S/C20H14FN3O2S2/c21-15-8-10-16(11-9-15)24-19(22-23-20(24)27)14-6-12-18(13-7-14)28(25,26)17-4-2-1-3-5-17/h1-13H,(H,23,27). The van der Waals surface area contributed by atoms with Gasteiger partial charge in [-0.1, -0.05) is 18.2 Å². The maximum absolute atomic E-state index is 13.2. The zero-order chi connectivity index (χ0) is 19.7. The molecular formula is C20H14FN3O2S2. The molecule has 140 valence electrons. The lowest BCUT2D eigenvalue weighted by molar-refractivity contribution is 0.596. The number of halogens is 1. The van der Waals surface area contributed by atoms with Gasteiger partial charge in [-0.25, -0.2) is 12.8 Å². The highest BCUT2D eigenvalue weighted by Crippen LogP contribution is 2.26. The van der Waals surface area contributed by atoms with Crippen LogP contribution in [0.25, 0.3) is 17.1 Å². The number of aromatic amines is 1. The number of sulfone groups is 1. The third-order valence-electron chi connectivity index (χ3n) is 4.23. The lowest BCUT2D eigenvalue weighted by atomic mass is 10.2. The monoisotopic (exact) mass is 411 g/mol. The first-order valence-electron chi connectivity index (χ1n) is 8.31. The van der Waals surface area contributed by atoms with Crippen molar-refractivity contribution in [2.45, 2.75) is 9.79 Å². The van der Waals surface area contributed by atoms with Crippen LogP contribution in [0.5, 0.6) is 0 Å². The molecule has 0 spiro atoms. The van der Waals surface area contributed by atoms with Crippen molar-refractivity contribution in [2.24, 2.45) is 0 Å². The second-order valence-electron chi connectivity index (χ2n) is 6.01. The van der Waals surface area contributed by atoms with Gasteiger partial charge in [0.05, 0.1) is 15.5 Å². The summed E-state index contributed by atoms with van der Waals surface area (Å²) in [5.41, 5.74) is 1.32. The maximum Gasteiger partial charge on any atom is 0.206 e. The Kier molecular flexibility index (Phi) is 4.66. The Morgan fingerprint density at radius 1 is 0.857 bits per heavy atom. The molecule has 0 saturated heterocycles. The first kappa shape index (κ1) is 18.3. The van der Waals surface area contributed by atoms with Gasteiger partial charge in [0.2, 0.25) is 9.84 Å². The predicted molar refractivity (Wildman–Crippen MR) is 106 cm³/mol. The number of nitrogens with one attached hydrogen (secondary N) is 1. The Morgan fingerprint density at radius 3 is 2.11 bits per heavy atom. The number of hydrogen-bond acceptors (Lipinski definition) is 4. The summed E-state index contributed by atoms with van der Waals surface area (Å²) < 4.78 is 40.7. The molecule has 4 rings (SSSR count). The van der Waals surface area contributed by atoms with E-state index in [4.69, 9.17) is 12.2 Å². The van der Waals surface area contributed by atoms with Crippen molar-refractivity contribution in [3.63, 3.8) is 0 Å². The molecule has 0 radical (unpaired) electrons. The number of aromatic nitrogens is 3. The lowest BCUT2D eigenvalue weighted by Crippen LogP contribution is -2.02. The number of nitrogens with zero attached hydrogens (tertiary/aromatic N) is 2. The van der Waals surface area contributed by atoms with Crippen molar-refractivity contribution >= 4 is 22.1 Å². The molecule has 0 aliphatic heterocycles. The van der Waals surface area contributed by atoms with Crippen molar-refractivity contribution in [2.75, 3.05) is 0 Å². The molecule has 4 aromatic rings. The predicted octanol–water partition coefficient (Wildman–Crippen LogP) is 4.57. The number of hydrogen-bond donors (Lipinski definition) is 1. The van der Waals surface area contributed by atoms with E-state index in [1.165, 1.54) is 24.3 Å².